The number of hydrogen-bond acceptors (Lipinski definition) is 3. The van der Waals surface area contributed by atoms with Crippen LogP contribution in [0, 0.1) is 5.82 Å². The zero-order valence-electron chi connectivity index (χ0n) is 18.1. The monoisotopic (exact) mass is 437 g/mol. The van der Waals surface area contributed by atoms with Gasteiger partial charge < -0.3 is 25.7 Å². The van der Waals surface area contributed by atoms with Crippen LogP contribution < -0.4 is 16.0 Å². The summed E-state index contributed by atoms with van der Waals surface area (Å²) < 4.78 is 18.8. The van der Waals surface area contributed by atoms with Crippen molar-refractivity contribution in [3.05, 3.63) is 65.6 Å². The smallest absolute Gasteiger partial charge is 0.253 e. The Kier molecular flexibility index (Phi) is 7.01. The minimum absolute atomic E-state index is 0.0925. The van der Waals surface area contributed by atoms with E-state index in [0.717, 1.165) is 47.0 Å². The summed E-state index contributed by atoms with van der Waals surface area (Å²) in [7, 11) is 1.72. The predicted molar refractivity (Wildman–Crippen MR) is 124 cm³/mol. The van der Waals surface area contributed by atoms with Crippen LogP contribution in [0.1, 0.15) is 24.0 Å². The third-order valence-corrected chi connectivity index (χ3v) is 5.52. The molecule has 4 N–H and O–H groups in total. The highest BCUT2D eigenvalue weighted by atomic mass is 19.1. The first-order chi connectivity index (χ1) is 15.6. The highest BCUT2D eigenvalue weighted by Crippen LogP contribution is 2.19. The summed E-state index contributed by atoms with van der Waals surface area (Å²) in [6, 6.07) is 12.5. The van der Waals surface area contributed by atoms with Crippen LogP contribution >= 0.6 is 0 Å². The van der Waals surface area contributed by atoms with Crippen molar-refractivity contribution in [3.8, 4) is 0 Å². The lowest BCUT2D eigenvalue weighted by Gasteiger charge is -2.14. The average Bonchev–Trinajstić information content (AvgIpc) is 3.47. The molecule has 2 aromatic carbocycles. The molecule has 168 valence electrons. The van der Waals surface area contributed by atoms with E-state index in [-0.39, 0.29) is 17.8 Å². The maximum absolute atomic E-state index is 13.3. The molecule has 3 aromatic rings. The highest BCUT2D eigenvalue weighted by Gasteiger charge is 2.23. The summed E-state index contributed by atoms with van der Waals surface area (Å²) in [6.45, 7) is 1.89. The SMILES string of the molecule is CN=C(NCCc1c[nH]c2cc(F)ccc12)NCc1cccc(NC(=O)C2CCCO2)c1. The van der Waals surface area contributed by atoms with Gasteiger partial charge in [-0.25, -0.2) is 4.39 Å². The van der Waals surface area contributed by atoms with Crippen LogP contribution in [-0.2, 0) is 22.5 Å². The van der Waals surface area contributed by atoms with Crippen molar-refractivity contribution >= 4 is 28.5 Å². The number of fused-ring (bicyclic) bond motifs is 1. The van der Waals surface area contributed by atoms with E-state index in [1.54, 1.807) is 13.1 Å². The first-order valence-corrected chi connectivity index (χ1v) is 10.8. The Morgan fingerprint density at radius 2 is 2.16 bits per heavy atom. The molecule has 0 aliphatic carbocycles. The van der Waals surface area contributed by atoms with Gasteiger partial charge in [-0.1, -0.05) is 12.1 Å². The number of nitrogens with zero attached hydrogens (tertiary/aromatic N) is 1. The minimum atomic E-state index is -0.351. The molecule has 0 bridgehead atoms. The molecule has 1 amide bonds. The lowest BCUT2D eigenvalue weighted by atomic mass is 10.1. The van der Waals surface area contributed by atoms with Crippen LogP contribution in [0.15, 0.2) is 53.7 Å². The zero-order valence-corrected chi connectivity index (χ0v) is 18.1. The number of benzene rings is 2. The van der Waals surface area contributed by atoms with Crippen LogP contribution in [-0.4, -0.2) is 43.2 Å². The van der Waals surface area contributed by atoms with Gasteiger partial charge in [0, 0.05) is 49.5 Å². The van der Waals surface area contributed by atoms with Gasteiger partial charge in [0.1, 0.15) is 11.9 Å². The molecule has 0 spiro atoms. The van der Waals surface area contributed by atoms with Crippen LogP contribution in [0.2, 0.25) is 0 Å². The minimum Gasteiger partial charge on any atom is -0.368 e. The van der Waals surface area contributed by atoms with Crippen molar-refractivity contribution in [3.63, 3.8) is 0 Å². The van der Waals surface area contributed by atoms with E-state index in [2.05, 4.69) is 25.9 Å². The third kappa shape index (κ3) is 5.45. The number of carbonyl (C=O) groups excluding carboxylic acids is 1. The van der Waals surface area contributed by atoms with Gasteiger partial charge in [-0.15, -0.1) is 0 Å². The summed E-state index contributed by atoms with van der Waals surface area (Å²) >= 11 is 0. The molecule has 1 unspecified atom stereocenters. The van der Waals surface area contributed by atoms with Crippen molar-refractivity contribution in [2.24, 2.45) is 4.99 Å². The lowest BCUT2D eigenvalue weighted by molar-refractivity contribution is -0.124. The van der Waals surface area contributed by atoms with Crippen molar-refractivity contribution in [2.45, 2.75) is 31.9 Å². The zero-order chi connectivity index (χ0) is 22.3. The number of aromatic nitrogens is 1. The largest absolute Gasteiger partial charge is 0.368 e. The summed E-state index contributed by atoms with van der Waals surface area (Å²) in [6.07, 6.45) is 4.03. The van der Waals surface area contributed by atoms with Crippen molar-refractivity contribution in [2.75, 3.05) is 25.5 Å². The number of amides is 1. The second kappa shape index (κ2) is 10.3. The molecule has 7 nitrogen and oxygen atoms in total. The maximum Gasteiger partial charge on any atom is 0.253 e. The Balaban J connectivity index is 1.26. The summed E-state index contributed by atoms with van der Waals surface area (Å²) in [5.41, 5.74) is 3.70. The van der Waals surface area contributed by atoms with Crippen LogP contribution in [0.5, 0.6) is 0 Å². The first-order valence-electron chi connectivity index (χ1n) is 10.8. The fraction of sp³-hybridized carbons (Fsp3) is 0.333. The molecule has 0 saturated carbocycles. The molecule has 32 heavy (non-hydrogen) atoms. The number of halogens is 1. The maximum atomic E-state index is 13.3. The van der Waals surface area contributed by atoms with Gasteiger partial charge in [0.2, 0.25) is 0 Å². The number of guanidine groups is 1. The van der Waals surface area contributed by atoms with Crippen molar-refractivity contribution < 1.29 is 13.9 Å². The quantitative estimate of drug-likeness (QED) is 0.337. The number of hydrogen-bond donors (Lipinski definition) is 4. The molecule has 1 atom stereocenters. The van der Waals surface area contributed by atoms with E-state index in [1.165, 1.54) is 12.1 Å². The summed E-state index contributed by atoms with van der Waals surface area (Å²) in [5.74, 6) is 0.346. The number of anilines is 1. The summed E-state index contributed by atoms with van der Waals surface area (Å²) in [5, 5.41) is 10.5. The number of nitrogens with one attached hydrogen (secondary N) is 4. The fourth-order valence-electron chi connectivity index (χ4n) is 3.85. The van der Waals surface area contributed by atoms with E-state index in [1.807, 2.05) is 30.5 Å². The predicted octanol–water partition coefficient (Wildman–Crippen LogP) is 3.33. The number of H-pyrrole nitrogens is 1. The van der Waals surface area contributed by atoms with Gasteiger partial charge in [-0.3, -0.25) is 9.79 Å². The topological polar surface area (TPSA) is 90.5 Å². The van der Waals surface area contributed by atoms with Gasteiger partial charge in [-0.05, 0) is 60.7 Å². The Hall–Kier alpha value is -3.39. The number of carbonyl (C=O) groups is 1. The molecule has 1 aliphatic rings. The number of ether oxygens (including phenoxy) is 1. The highest BCUT2D eigenvalue weighted by molar-refractivity contribution is 5.94. The van der Waals surface area contributed by atoms with Gasteiger partial charge in [0.25, 0.3) is 5.91 Å². The van der Waals surface area contributed by atoms with Crippen molar-refractivity contribution in [1.29, 1.82) is 0 Å². The molecular formula is C24H28FN5O2. The molecule has 0 radical (unpaired) electrons. The lowest BCUT2D eigenvalue weighted by Crippen LogP contribution is -2.37. The molecule has 2 heterocycles. The summed E-state index contributed by atoms with van der Waals surface area (Å²) in [4.78, 5) is 19.6. The van der Waals surface area contributed by atoms with E-state index in [4.69, 9.17) is 4.74 Å². The fourth-order valence-corrected chi connectivity index (χ4v) is 3.85. The van der Waals surface area contributed by atoms with E-state index >= 15 is 0 Å². The van der Waals surface area contributed by atoms with Gasteiger partial charge in [-0.2, -0.15) is 0 Å². The first kappa shape index (κ1) is 21.8. The average molecular weight is 438 g/mol. The molecular weight excluding hydrogens is 409 g/mol. The second-order valence-electron chi connectivity index (χ2n) is 7.80. The van der Waals surface area contributed by atoms with Gasteiger partial charge in [0.05, 0.1) is 0 Å². The molecule has 1 saturated heterocycles. The number of aromatic amines is 1. The molecule has 1 aliphatic heterocycles. The Bertz CT molecular complexity index is 1100. The Labute approximate surface area is 186 Å². The molecule has 1 aromatic heterocycles. The van der Waals surface area contributed by atoms with E-state index < -0.39 is 0 Å². The molecule has 1 fully saturated rings. The second-order valence-corrected chi connectivity index (χ2v) is 7.80. The van der Waals surface area contributed by atoms with Crippen LogP contribution in [0.4, 0.5) is 10.1 Å². The van der Waals surface area contributed by atoms with E-state index in [9.17, 15) is 9.18 Å². The molecule has 8 heteroatoms. The van der Waals surface area contributed by atoms with Gasteiger partial charge in [0.15, 0.2) is 5.96 Å². The van der Waals surface area contributed by atoms with Crippen LogP contribution in [0.25, 0.3) is 10.9 Å². The Morgan fingerprint density at radius 1 is 1.25 bits per heavy atom. The van der Waals surface area contributed by atoms with Crippen LogP contribution in [0.3, 0.4) is 0 Å². The number of aliphatic imine (C=N–C) groups is 1. The standard InChI is InChI=1S/C24H28FN5O2/c1-26-24(27-10-9-17-15-28-21-13-18(25)7-8-20(17)21)29-14-16-4-2-5-19(12-16)30-23(31)22-6-3-11-32-22/h2,4-5,7-8,12-13,15,22,28H,3,6,9-11,14H2,1H3,(H,30,31)(H2,26,27,29). The number of rotatable bonds is 7. The van der Waals surface area contributed by atoms with Crippen molar-refractivity contribution in [1.82, 2.24) is 15.6 Å². The van der Waals surface area contributed by atoms with E-state index in [0.29, 0.717) is 25.7 Å². The van der Waals surface area contributed by atoms with Gasteiger partial charge >= 0.3 is 0 Å². The normalized spacial score (nSPS) is 16.3. The Morgan fingerprint density at radius 3 is 2.97 bits per heavy atom. The third-order valence-electron chi connectivity index (χ3n) is 5.52. The molecule has 4 rings (SSSR count).